The minimum absolute atomic E-state index is 0.136. The first kappa shape index (κ1) is 17.4. The van der Waals surface area contributed by atoms with E-state index in [0.29, 0.717) is 13.0 Å². The molecular formula is C14H23NO6. The molecule has 1 heterocycles. The number of nitrogens with zero attached hydrogens (tertiary/aromatic N) is 1. The Morgan fingerprint density at radius 2 is 1.81 bits per heavy atom. The largest absolute Gasteiger partial charge is 0.481 e. The number of carbonyl (C=O) groups is 3. The van der Waals surface area contributed by atoms with E-state index in [1.807, 2.05) is 0 Å². The smallest absolute Gasteiger partial charge is 0.326 e. The third-order valence-corrected chi connectivity index (χ3v) is 3.60. The number of hydrogen-bond donors (Lipinski definition) is 2. The third-order valence-electron chi connectivity index (χ3n) is 3.60. The van der Waals surface area contributed by atoms with Gasteiger partial charge in [-0.2, -0.15) is 0 Å². The summed E-state index contributed by atoms with van der Waals surface area (Å²) in [5.41, 5.74) is 0. The molecular weight excluding hydrogens is 278 g/mol. The molecule has 0 spiro atoms. The van der Waals surface area contributed by atoms with Gasteiger partial charge in [-0.3, -0.25) is 9.59 Å². The lowest BCUT2D eigenvalue weighted by atomic mass is 9.99. The van der Waals surface area contributed by atoms with Crippen molar-refractivity contribution in [1.29, 1.82) is 0 Å². The summed E-state index contributed by atoms with van der Waals surface area (Å²) in [5.74, 6) is -3.78. The summed E-state index contributed by atoms with van der Waals surface area (Å²) >= 11 is 0. The van der Waals surface area contributed by atoms with Gasteiger partial charge < -0.3 is 19.8 Å². The molecule has 120 valence electrons. The molecule has 0 saturated carbocycles. The highest BCUT2D eigenvalue weighted by atomic mass is 16.5. The number of carboxylic acids is 2. The van der Waals surface area contributed by atoms with Gasteiger partial charge in [0.25, 0.3) is 5.91 Å². The van der Waals surface area contributed by atoms with Crippen molar-refractivity contribution in [2.75, 3.05) is 13.2 Å². The van der Waals surface area contributed by atoms with Gasteiger partial charge in [-0.05, 0) is 18.8 Å². The second-order valence-corrected chi connectivity index (χ2v) is 5.76. The van der Waals surface area contributed by atoms with E-state index < -0.39 is 35.9 Å². The number of aliphatic carboxylic acids is 2. The molecule has 0 aliphatic carbocycles. The summed E-state index contributed by atoms with van der Waals surface area (Å²) < 4.78 is 5.32. The number of rotatable bonds is 7. The van der Waals surface area contributed by atoms with Crippen molar-refractivity contribution < 1.29 is 29.3 Å². The Morgan fingerprint density at radius 3 is 2.19 bits per heavy atom. The Balaban J connectivity index is 2.99. The van der Waals surface area contributed by atoms with Crippen molar-refractivity contribution in [2.24, 2.45) is 11.8 Å². The highest BCUT2D eigenvalue weighted by Gasteiger charge is 2.38. The number of hydrogen-bond acceptors (Lipinski definition) is 4. The van der Waals surface area contributed by atoms with Crippen LogP contribution < -0.4 is 0 Å². The standard InChI is InChI=1S/C14H23NO6/c1-8(2)11(14(19)20)15(7-9(3)13(17)18)12(16)10-5-4-6-21-10/h8-11H,4-7H2,1-3H3,(H,17,18)(H,19,20). The first-order valence-corrected chi connectivity index (χ1v) is 7.13. The van der Waals surface area contributed by atoms with E-state index in [9.17, 15) is 19.5 Å². The van der Waals surface area contributed by atoms with E-state index in [0.717, 1.165) is 11.3 Å². The molecule has 1 fully saturated rings. The van der Waals surface area contributed by atoms with Gasteiger partial charge >= 0.3 is 11.9 Å². The van der Waals surface area contributed by atoms with Crippen LogP contribution in [-0.4, -0.2) is 58.3 Å². The fraction of sp³-hybridized carbons (Fsp3) is 0.786. The number of carboxylic acid groups (broad SMARTS) is 2. The molecule has 1 rings (SSSR count). The summed E-state index contributed by atoms with van der Waals surface area (Å²) in [5, 5.41) is 18.4. The van der Waals surface area contributed by atoms with Crippen molar-refractivity contribution in [3.05, 3.63) is 0 Å². The van der Waals surface area contributed by atoms with E-state index in [2.05, 4.69) is 0 Å². The monoisotopic (exact) mass is 301 g/mol. The molecule has 3 atom stereocenters. The van der Waals surface area contributed by atoms with Crippen LogP contribution in [0.3, 0.4) is 0 Å². The van der Waals surface area contributed by atoms with E-state index in [4.69, 9.17) is 9.84 Å². The first-order chi connectivity index (χ1) is 9.75. The zero-order valence-electron chi connectivity index (χ0n) is 12.6. The van der Waals surface area contributed by atoms with Gasteiger partial charge in [0.1, 0.15) is 12.1 Å². The number of ether oxygens (including phenoxy) is 1. The molecule has 1 aliphatic heterocycles. The maximum absolute atomic E-state index is 12.5. The van der Waals surface area contributed by atoms with E-state index in [-0.39, 0.29) is 12.5 Å². The normalized spacial score (nSPS) is 21.0. The summed E-state index contributed by atoms with van der Waals surface area (Å²) in [7, 11) is 0. The minimum atomic E-state index is -1.13. The van der Waals surface area contributed by atoms with Crippen LogP contribution in [0.1, 0.15) is 33.6 Å². The molecule has 7 nitrogen and oxygen atoms in total. The summed E-state index contributed by atoms with van der Waals surface area (Å²) in [6, 6.07) is -1.05. The van der Waals surface area contributed by atoms with Gasteiger partial charge in [-0.15, -0.1) is 0 Å². The molecule has 0 aromatic carbocycles. The van der Waals surface area contributed by atoms with Crippen molar-refractivity contribution >= 4 is 17.8 Å². The fourth-order valence-electron chi connectivity index (χ4n) is 2.45. The van der Waals surface area contributed by atoms with Crippen LogP contribution in [0.5, 0.6) is 0 Å². The van der Waals surface area contributed by atoms with Crippen molar-refractivity contribution in [2.45, 2.75) is 45.8 Å². The van der Waals surface area contributed by atoms with Crippen molar-refractivity contribution in [1.82, 2.24) is 4.90 Å². The van der Waals surface area contributed by atoms with Crippen LogP contribution >= 0.6 is 0 Å². The molecule has 21 heavy (non-hydrogen) atoms. The average Bonchev–Trinajstić information content (AvgIpc) is 2.89. The third kappa shape index (κ3) is 4.42. The Labute approximate surface area is 123 Å². The Hall–Kier alpha value is -1.63. The van der Waals surface area contributed by atoms with Crippen LogP contribution in [0.2, 0.25) is 0 Å². The van der Waals surface area contributed by atoms with Gasteiger partial charge in [0.15, 0.2) is 0 Å². The number of amides is 1. The average molecular weight is 301 g/mol. The second kappa shape index (κ2) is 7.40. The molecule has 1 saturated heterocycles. The highest BCUT2D eigenvalue weighted by Crippen LogP contribution is 2.20. The molecule has 0 radical (unpaired) electrons. The summed E-state index contributed by atoms with van der Waals surface area (Å²) in [6.07, 6.45) is 0.630. The maximum atomic E-state index is 12.5. The first-order valence-electron chi connectivity index (χ1n) is 7.13. The molecule has 2 N–H and O–H groups in total. The van der Waals surface area contributed by atoms with Crippen molar-refractivity contribution in [3.63, 3.8) is 0 Å². The molecule has 1 amide bonds. The molecule has 1 aliphatic rings. The lowest BCUT2D eigenvalue weighted by molar-refractivity contribution is -0.159. The molecule has 0 aromatic heterocycles. The Morgan fingerprint density at radius 1 is 1.19 bits per heavy atom. The fourth-order valence-corrected chi connectivity index (χ4v) is 2.45. The maximum Gasteiger partial charge on any atom is 0.326 e. The van der Waals surface area contributed by atoms with Gasteiger partial charge in [0.2, 0.25) is 0 Å². The summed E-state index contributed by atoms with van der Waals surface area (Å²) in [4.78, 5) is 36.1. The zero-order valence-corrected chi connectivity index (χ0v) is 12.6. The van der Waals surface area contributed by atoms with Crippen LogP contribution in [0, 0.1) is 11.8 Å². The Kier molecular flexibility index (Phi) is 6.14. The highest BCUT2D eigenvalue weighted by molar-refractivity contribution is 5.87. The molecule has 0 bridgehead atoms. The second-order valence-electron chi connectivity index (χ2n) is 5.76. The van der Waals surface area contributed by atoms with Crippen LogP contribution in [0.15, 0.2) is 0 Å². The van der Waals surface area contributed by atoms with Gasteiger partial charge in [-0.1, -0.05) is 20.8 Å². The summed E-state index contributed by atoms with van der Waals surface area (Å²) in [6.45, 7) is 5.18. The lowest BCUT2D eigenvalue weighted by Gasteiger charge is -2.34. The SMILES string of the molecule is CC(CN(C(=O)C1CCCO1)C(C(=O)O)C(C)C)C(=O)O. The zero-order chi connectivity index (χ0) is 16.2. The predicted octanol–water partition coefficient (Wildman–Crippen LogP) is 0.824. The quantitative estimate of drug-likeness (QED) is 0.721. The van der Waals surface area contributed by atoms with E-state index in [1.165, 1.54) is 6.92 Å². The Bertz CT molecular complexity index is 402. The molecule has 7 heteroatoms. The van der Waals surface area contributed by atoms with Crippen molar-refractivity contribution in [3.8, 4) is 0 Å². The van der Waals surface area contributed by atoms with Crippen LogP contribution in [-0.2, 0) is 19.1 Å². The van der Waals surface area contributed by atoms with Crippen LogP contribution in [0.25, 0.3) is 0 Å². The molecule has 0 aromatic rings. The van der Waals surface area contributed by atoms with Gasteiger partial charge in [0, 0.05) is 13.2 Å². The van der Waals surface area contributed by atoms with Crippen LogP contribution in [0.4, 0.5) is 0 Å². The number of carbonyl (C=O) groups excluding carboxylic acids is 1. The van der Waals surface area contributed by atoms with E-state index in [1.54, 1.807) is 13.8 Å². The van der Waals surface area contributed by atoms with E-state index >= 15 is 0 Å². The lowest BCUT2D eigenvalue weighted by Crippen LogP contribution is -2.53. The topological polar surface area (TPSA) is 104 Å². The molecule has 3 unspecified atom stereocenters. The van der Waals surface area contributed by atoms with Gasteiger partial charge in [0.05, 0.1) is 5.92 Å². The van der Waals surface area contributed by atoms with Gasteiger partial charge in [-0.25, -0.2) is 4.79 Å². The predicted molar refractivity (Wildman–Crippen MR) is 73.7 cm³/mol. The minimum Gasteiger partial charge on any atom is -0.481 e.